The zero-order chi connectivity index (χ0) is 20.3. The first-order chi connectivity index (χ1) is 14.2. The number of ether oxygens (including phenoxy) is 1. The van der Waals surface area contributed by atoms with Crippen LogP contribution < -0.4 is 10.6 Å². The van der Waals surface area contributed by atoms with Gasteiger partial charge in [-0.15, -0.1) is 0 Å². The topological polar surface area (TPSA) is 62.7 Å². The average Bonchev–Trinajstić information content (AvgIpc) is 2.78. The van der Waals surface area contributed by atoms with Crippen LogP contribution >= 0.6 is 0 Å². The van der Waals surface area contributed by atoms with Gasteiger partial charge in [0, 0.05) is 19.2 Å². The second-order valence-electron chi connectivity index (χ2n) is 6.52. The van der Waals surface area contributed by atoms with E-state index in [4.69, 9.17) is 9.73 Å². The third-order valence-electron chi connectivity index (χ3n) is 4.35. The number of para-hydroxylation sites is 2. The van der Waals surface area contributed by atoms with E-state index in [1.165, 1.54) is 0 Å². The maximum atomic E-state index is 12.1. The summed E-state index contributed by atoms with van der Waals surface area (Å²) in [6.07, 6.45) is 0.175. The maximum Gasteiger partial charge on any atom is 0.407 e. The number of benzene rings is 3. The molecule has 5 nitrogen and oxygen atoms in total. The molecule has 0 heterocycles. The first kappa shape index (κ1) is 20.1. The van der Waals surface area contributed by atoms with Gasteiger partial charge in [0.1, 0.15) is 6.61 Å². The summed E-state index contributed by atoms with van der Waals surface area (Å²) in [6, 6.07) is 27.5. The molecule has 0 unspecified atom stereocenters. The van der Waals surface area contributed by atoms with Crippen molar-refractivity contribution in [3.63, 3.8) is 0 Å². The summed E-state index contributed by atoms with van der Waals surface area (Å²) in [7, 11) is 1.87. The molecule has 148 valence electrons. The summed E-state index contributed by atoms with van der Waals surface area (Å²) in [4.78, 5) is 16.9. The van der Waals surface area contributed by atoms with Gasteiger partial charge < -0.3 is 15.4 Å². The van der Waals surface area contributed by atoms with Gasteiger partial charge in [0.25, 0.3) is 0 Å². The molecule has 0 saturated carbocycles. The molecular weight excluding hydrogens is 362 g/mol. The van der Waals surface area contributed by atoms with Crippen molar-refractivity contribution in [2.45, 2.75) is 13.0 Å². The van der Waals surface area contributed by atoms with E-state index >= 15 is 0 Å². The highest BCUT2D eigenvalue weighted by Gasteiger charge is 2.08. The molecule has 0 aromatic heterocycles. The molecule has 1 amide bonds. The fraction of sp³-hybridized carbons (Fsp3) is 0.167. The van der Waals surface area contributed by atoms with Crippen LogP contribution in [-0.2, 0) is 17.8 Å². The summed E-state index contributed by atoms with van der Waals surface area (Å²) in [5.74, 6) is 0. The average molecular weight is 387 g/mol. The summed E-state index contributed by atoms with van der Waals surface area (Å²) < 4.78 is 5.31. The van der Waals surface area contributed by atoms with Crippen LogP contribution in [0.25, 0.3) is 0 Å². The van der Waals surface area contributed by atoms with Crippen LogP contribution in [0.15, 0.2) is 89.9 Å². The van der Waals surface area contributed by atoms with E-state index in [-0.39, 0.29) is 6.61 Å². The molecule has 5 heteroatoms. The minimum atomic E-state index is -0.462. The standard InChI is InChI=1S/C24H25N3O2/c1-25-22-14-8-9-15-23(22)27-21(16-19-10-4-2-5-11-19)17-26-24(28)29-18-20-12-6-3-7-13-20/h2-15,25H,16-18H2,1H3,(H,26,28). The second-order valence-corrected chi connectivity index (χ2v) is 6.52. The van der Waals surface area contributed by atoms with Gasteiger partial charge in [-0.3, -0.25) is 4.99 Å². The number of anilines is 1. The van der Waals surface area contributed by atoms with E-state index in [9.17, 15) is 4.79 Å². The molecule has 0 bridgehead atoms. The molecule has 0 aliphatic rings. The Morgan fingerprint density at radius 3 is 2.17 bits per heavy atom. The molecule has 0 radical (unpaired) electrons. The van der Waals surface area contributed by atoms with E-state index < -0.39 is 6.09 Å². The molecule has 3 rings (SSSR count). The van der Waals surface area contributed by atoms with E-state index in [0.717, 1.165) is 28.2 Å². The first-order valence-corrected chi connectivity index (χ1v) is 9.56. The van der Waals surface area contributed by atoms with Crippen molar-refractivity contribution in [1.82, 2.24) is 5.32 Å². The summed E-state index contributed by atoms with van der Waals surface area (Å²) in [5, 5.41) is 5.97. The predicted molar refractivity (Wildman–Crippen MR) is 118 cm³/mol. The van der Waals surface area contributed by atoms with Crippen LogP contribution in [0.1, 0.15) is 11.1 Å². The Bertz CT molecular complexity index is 941. The fourth-order valence-electron chi connectivity index (χ4n) is 2.87. The van der Waals surface area contributed by atoms with Gasteiger partial charge in [0.2, 0.25) is 0 Å². The highest BCUT2D eigenvalue weighted by atomic mass is 16.5. The van der Waals surface area contributed by atoms with Crippen LogP contribution in [0, 0.1) is 0 Å². The molecule has 0 saturated heterocycles. The van der Waals surface area contributed by atoms with Gasteiger partial charge in [0.05, 0.1) is 17.9 Å². The third-order valence-corrected chi connectivity index (χ3v) is 4.35. The Morgan fingerprint density at radius 2 is 1.48 bits per heavy atom. The minimum Gasteiger partial charge on any atom is -0.445 e. The lowest BCUT2D eigenvalue weighted by atomic mass is 10.1. The number of nitrogens with one attached hydrogen (secondary N) is 2. The normalized spacial score (nSPS) is 11.0. The lowest BCUT2D eigenvalue weighted by Crippen LogP contribution is -2.31. The van der Waals surface area contributed by atoms with Gasteiger partial charge in [-0.25, -0.2) is 4.79 Å². The highest BCUT2D eigenvalue weighted by Crippen LogP contribution is 2.24. The Hall–Kier alpha value is -3.60. The number of aliphatic imine (C=N–C) groups is 1. The maximum absolute atomic E-state index is 12.1. The molecule has 29 heavy (non-hydrogen) atoms. The Balaban J connectivity index is 1.67. The highest BCUT2D eigenvalue weighted by molar-refractivity contribution is 5.93. The van der Waals surface area contributed by atoms with E-state index in [1.807, 2.05) is 92.0 Å². The predicted octanol–water partition coefficient (Wildman–Crippen LogP) is 4.97. The number of amides is 1. The molecule has 0 atom stereocenters. The molecular formula is C24H25N3O2. The van der Waals surface area contributed by atoms with Crippen LogP contribution in [-0.4, -0.2) is 25.4 Å². The van der Waals surface area contributed by atoms with Crippen molar-refractivity contribution < 1.29 is 9.53 Å². The number of alkyl carbamates (subject to hydrolysis) is 1. The van der Waals surface area contributed by atoms with Crippen LogP contribution in [0.3, 0.4) is 0 Å². The van der Waals surface area contributed by atoms with Crippen molar-refractivity contribution in [2.24, 2.45) is 4.99 Å². The SMILES string of the molecule is CNc1ccccc1N=C(CNC(=O)OCc1ccccc1)Cc1ccccc1. The van der Waals surface area contributed by atoms with Gasteiger partial charge in [-0.2, -0.15) is 0 Å². The summed E-state index contributed by atoms with van der Waals surface area (Å²) in [5.41, 5.74) is 4.69. The summed E-state index contributed by atoms with van der Waals surface area (Å²) in [6.45, 7) is 0.543. The Kier molecular flexibility index (Phi) is 7.41. The Labute approximate surface area is 171 Å². The third kappa shape index (κ3) is 6.50. The summed E-state index contributed by atoms with van der Waals surface area (Å²) >= 11 is 0. The van der Waals surface area contributed by atoms with Gasteiger partial charge in [0.15, 0.2) is 0 Å². The van der Waals surface area contributed by atoms with Gasteiger partial charge in [-0.1, -0.05) is 72.8 Å². The number of hydrogen-bond donors (Lipinski definition) is 2. The molecule has 0 spiro atoms. The Morgan fingerprint density at radius 1 is 0.862 bits per heavy atom. The van der Waals surface area contributed by atoms with Crippen molar-refractivity contribution in [2.75, 3.05) is 18.9 Å². The lowest BCUT2D eigenvalue weighted by Gasteiger charge is -2.11. The number of carbonyl (C=O) groups excluding carboxylic acids is 1. The van der Waals surface area contributed by atoms with Crippen molar-refractivity contribution in [3.8, 4) is 0 Å². The van der Waals surface area contributed by atoms with Crippen LogP contribution in [0.5, 0.6) is 0 Å². The molecule has 2 N–H and O–H groups in total. The largest absolute Gasteiger partial charge is 0.445 e. The number of rotatable bonds is 8. The van der Waals surface area contributed by atoms with Crippen LogP contribution in [0.2, 0.25) is 0 Å². The van der Waals surface area contributed by atoms with Gasteiger partial charge in [-0.05, 0) is 23.3 Å². The van der Waals surface area contributed by atoms with Crippen molar-refractivity contribution in [1.29, 1.82) is 0 Å². The smallest absolute Gasteiger partial charge is 0.407 e. The van der Waals surface area contributed by atoms with Crippen molar-refractivity contribution >= 4 is 23.2 Å². The zero-order valence-corrected chi connectivity index (χ0v) is 16.5. The van der Waals surface area contributed by atoms with Gasteiger partial charge >= 0.3 is 6.09 Å². The van der Waals surface area contributed by atoms with E-state index in [1.54, 1.807) is 0 Å². The monoisotopic (exact) mass is 387 g/mol. The number of carbonyl (C=O) groups is 1. The molecule has 3 aromatic carbocycles. The van der Waals surface area contributed by atoms with E-state index in [0.29, 0.717) is 13.0 Å². The lowest BCUT2D eigenvalue weighted by molar-refractivity contribution is 0.141. The van der Waals surface area contributed by atoms with E-state index in [2.05, 4.69) is 10.6 Å². The van der Waals surface area contributed by atoms with Crippen LogP contribution in [0.4, 0.5) is 16.2 Å². The quantitative estimate of drug-likeness (QED) is 0.537. The zero-order valence-electron chi connectivity index (χ0n) is 16.5. The fourth-order valence-corrected chi connectivity index (χ4v) is 2.87. The van der Waals surface area contributed by atoms with Crippen molar-refractivity contribution in [3.05, 3.63) is 96.1 Å². The minimum absolute atomic E-state index is 0.237. The first-order valence-electron chi connectivity index (χ1n) is 9.56. The number of hydrogen-bond acceptors (Lipinski definition) is 4. The molecule has 0 fully saturated rings. The second kappa shape index (κ2) is 10.7. The number of nitrogens with zero attached hydrogens (tertiary/aromatic N) is 1. The molecule has 0 aliphatic heterocycles. The molecule has 0 aliphatic carbocycles. The molecule has 3 aromatic rings.